The van der Waals surface area contributed by atoms with Crippen molar-refractivity contribution in [1.29, 1.82) is 0 Å². The monoisotopic (exact) mass is 349 g/mol. The van der Waals surface area contributed by atoms with E-state index in [1.54, 1.807) is 6.07 Å². The molecule has 2 heterocycles. The molecule has 0 atom stereocenters. The predicted octanol–water partition coefficient (Wildman–Crippen LogP) is 5.31. The van der Waals surface area contributed by atoms with Crippen molar-refractivity contribution in [2.24, 2.45) is 10.2 Å². The Balaban J connectivity index is 2.06. The van der Waals surface area contributed by atoms with Crippen molar-refractivity contribution in [3.8, 4) is 0 Å². The van der Waals surface area contributed by atoms with Crippen LogP contribution in [0.15, 0.2) is 52.8 Å². The van der Waals surface area contributed by atoms with E-state index in [1.165, 1.54) is 6.92 Å². The van der Waals surface area contributed by atoms with Gasteiger partial charge in [0.2, 0.25) is 5.91 Å². The molecule has 0 aliphatic carbocycles. The van der Waals surface area contributed by atoms with Gasteiger partial charge in [-0.1, -0.05) is 32.9 Å². The lowest BCUT2D eigenvalue weighted by molar-refractivity contribution is -0.114. The molecule has 1 N–H and O–H groups in total. The summed E-state index contributed by atoms with van der Waals surface area (Å²) in [7, 11) is 0. The van der Waals surface area contributed by atoms with Crippen molar-refractivity contribution in [3.63, 3.8) is 0 Å². The number of hydrogen-bond donors (Lipinski definition) is 1. The molecule has 0 bridgehead atoms. The SMILES string of the molecule is CC(=O)Nc1cccc(N=Nc2c(C(C)(C)C)nc3ccc(C)cn23)c1. The number of rotatable bonds is 3. The number of aryl methyl sites for hydroxylation is 1. The van der Waals surface area contributed by atoms with E-state index >= 15 is 0 Å². The molecule has 1 aromatic carbocycles. The number of carbonyl (C=O) groups is 1. The maximum Gasteiger partial charge on any atom is 0.221 e. The number of aromatic nitrogens is 2. The highest BCUT2D eigenvalue weighted by molar-refractivity contribution is 5.89. The Hall–Kier alpha value is -3.02. The zero-order valence-electron chi connectivity index (χ0n) is 15.7. The molecule has 6 heteroatoms. The molecule has 3 aromatic rings. The second-order valence-corrected chi connectivity index (χ2v) is 7.40. The summed E-state index contributed by atoms with van der Waals surface area (Å²) in [6.45, 7) is 9.84. The van der Waals surface area contributed by atoms with Gasteiger partial charge in [0.05, 0.1) is 11.4 Å². The summed E-state index contributed by atoms with van der Waals surface area (Å²) in [5.74, 6) is 0.604. The third-order valence-corrected chi connectivity index (χ3v) is 3.88. The van der Waals surface area contributed by atoms with Gasteiger partial charge in [0.15, 0.2) is 5.82 Å². The van der Waals surface area contributed by atoms with Crippen molar-refractivity contribution in [3.05, 3.63) is 53.9 Å². The lowest BCUT2D eigenvalue weighted by Gasteiger charge is -2.15. The van der Waals surface area contributed by atoms with Crippen LogP contribution in [-0.2, 0) is 10.2 Å². The van der Waals surface area contributed by atoms with Gasteiger partial charge in [-0.05, 0) is 36.8 Å². The minimum Gasteiger partial charge on any atom is -0.326 e. The first kappa shape index (κ1) is 17.8. The zero-order chi connectivity index (χ0) is 18.9. The molecule has 0 spiro atoms. The van der Waals surface area contributed by atoms with Crippen molar-refractivity contribution >= 4 is 28.7 Å². The fraction of sp³-hybridized carbons (Fsp3) is 0.300. The molecule has 1 amide bonds. The van der Waals surface area contributed by atoms with E-state index in [4.69, 9.17) is 4.98 Å². The molecular formula is C20H23N5O. The second kappa shape index (κ2) is 6.71. The summed E-state index contributed by atoms with van der Waals surface area (Å²) in [5, 5.41) is 11.6. The lowest BCUT2D eigenvalue weighted by Crippen LogP contribution is -2.11. The van der Waals surface area contributed by atoms with E-state index in [0.717, 1.165) is 22.7 Å². The van der Waals surface area contributed by atoms with Gasteiger partial charge in [0.25, 0.3) is 0 Å². The average Bonchev–Trinajstić information content (AvgIpc) is 2.91. The number of azo groups is 1. The molecule has 0 radical (unpaired) electrons. The number of amides is 1. The summed E-state index contributed by atoms with van der Waals surface area (Å²) in [4.78, 5) is 16.0. The maximum atomic E-state index is 11.2. The number of imidazole rings is 1. The number of anilines is 1. The van der Waals surface area contributed by atoms with Crippen LogP contribution in [-0.4, -0.2) is 15.3 Å². The topological polar surface area (TPSA) is 71.1 Å². The summed E-state index contributed by atoms with van der Waals surface area (Å²) >= 11 is 0. The zero-order valence-corrected chi connectivity index (χ0v) is 15.7. The van der Waals surface area contributed by atoms with Crippen LogP contribution in [0.2, 0.25) is 0 Å². The number of benzene rings is 1. The van der Waals surface area contributed by atoms with Crippen LogP contribution < -0.4 is 5.32 Å². The van der Waals surface area contributed by atoms with Crippen LogP contribution in [0.1, 0.15) is 39.0 Å². The Bertz CT molecular complexity index is 995. The van der Waals surface area contributed by atoms with Crippen LogP contribution in [0.4, 0.5) is 17.2 Å². The predicted molar refractivity (Wildman–Crippen MR) is 104 cm³/mol. The molecule has 6 nitrogen and oxygen atoms in total. The van der Waals surface area contributed by atoms with Crippen molar-refractivity contribution in [1.82, 2.24) is 9.38 Å². The Morgan fingerprint density at radius 1 is 1.15 bits per heavy atom. The lowest BCUT2D eigenvalue weighted by atomic mass is 9.92. The quantitative estimate of drug-likeness (QED) is 0.651. The molecule has 0 aliphatic rings. The van der Waals surface area contributed by atoms with Gasteiger partial charge >= 0.3 is 0 Å². The number of hydrogen-bond acceptors (Lipinski definition) is 4. The molecule has 134 valence electrons. The van der Waals surface area contributed by atoms with E-state index < -0.39 is 0 Å². The first-order valence-corrected chi connectivity index (χ1v) is 8.52. The van der Waals surface area contributed by atoms with Crippen LogP contribution in [0.3, 0.4) is 0 Å². The van der Waals surface area contributed by atoms with Gasteiger partial charge in [0, 0.05) is 24.2 Å². The standard InChI is InChI=1S/C20H23N5O/c1-13-9-10-17-22-18(20(3,4)5)19(25(17)12-13)24-23-16-8-6-7-15(11-16)21-14(2)26/h6-12H,1-5H3,(H,21,26). The third-order valence-electron chi connectivity index (χ3n) is 3.88. The maximum absolute atomic E-state index is 11.2. The van der Waals surface area contributed by atoms with Crippen LogP contribution in [0.5, 0.6) is 0 Å². The molecule has 0 unspecified atom stereocenters. The average molecular weight is 349 g/mol. The smallest absolute Gasteiger partial charge is 0.221 e. The molecule has 0 fully saturated rings. The van der Waals surface area contributed by atoms with E-state index in [-0.39, 0.29) is 11.3 Å². The van der Waals surface area contributed by atoms with Gasteiger partial charge < -0.3 is 5.32 Å². The number of fused-ring (bicyclic) bond motifs is 1. The molecule has 26 heavy (non-hydrogen) atoms. The summed E-state index contributed by atoms with van der Waals surface area (Å²) in [5.41, 5.74) is 4.07. The summed E-state index contributed by atoms with van der Waals surface area (Å²) in [6.07, 6.45) is 2.01. The number of pyridine rings is 1. The molecule has 3 rings (SSSR count). The summed E-state index contributed by atoms with van der Waals surface area (Å²) in [6, 6.07) is 11.3. The normalized spacial score (nSPS) is 12.0. The molecule has 0 saturated heterocycles. The molecule has 0 aliphatic heterocycles. The third kappa shape index (κ3) is 3.79. The van der Waals surface area contributed by atoms with Gasteiger partial charge in [-0.2, -0.15) is 0 Å². The van der Waals surface area contributed by atoms with E-state index in [2.05, 4.69) is 36.3 Å². The Kier molecular flexibility index (Phi) is 4.59. The fourth-order valence-electron chi connectivity index (χ4n) is 2.69. The highest BCUT2D eigenvalue weighted by Crippen LogP contribution is 2.33. The van der Waals surface area contributed by atoms with Gasteiger partial charge in [0.1, 0.15) is 5.65 Å². The van der Waals surface area contributed by atoms with Gasteiger partial charge in [-0.25, -0.2) is 4.98 Å². The number of nitrogens with one attached hydrogen (secondary N) is 1. The number of carbonyl (C=O) groups excluding carboxylic acids is 1. The van der Waals surface area contributed by atoms with Gasteiger partial charge in [-0.3, -0.25) is 9.20 Å². The minimum atomic E-state index is -0.160. The second-order valence-electron chi connectivity index (χ2n) is 7.40. The van der Waals surface area contributed by atoms with Crippen LogP contribution >= 0.6 is 0 Å². The summed E-state index contributed by atoms with van der Waals surface area (Å²) < 4.78 is 1.97. The first-order chi connectivity index (χ1) is 12.2. The van der Waals surface area contributed by atoms with E-state index in [0.29, 0.717) is 11.4 Å². The number of nitrogens with zero attached hydrogens (tertiary/aromatic N) is 4. The Morgan fingerprint density at radius 2 is 1.92 bits per heavy atom. The molecule has 2 aromatic heterocycles. The van der Waals surface area contributed by atoms with Gasteiger partial charge in [-0.15, -0.1) is 10.2 Å². The molecule has 0 saturated carbocycles. The van der Waals surface area contributed by atoms with Crippen LogP contribution in [0, 0.1) is 6.92 Å². The first-order valence-electron chi connectivity index (χ1n) is 8.52. The van der Waals surface area contributed by atoms with E-state index in [1.807, 2.05) is 47.9 Å². The van der Waals surface area contributed by atoms with E-state index in [9.17, 15) is 4.79 Å². The molecular weight excluding hydrogens is 326 g/mol. The Morgan fingerprint density at radius 3 is 2.62 bits per heavy atom. The van der Waals surface area contributed by atoms with Crippen molar-refractivity contribution in [2.75, 3.05) is 5.32 Å². The minimum absolute atomic E-state index is 0.119. The highest BCUT2D eigenvalue weighted by atomic mass is 16.1. The van der Waals surface area contributed by atoms with Crippen LogP contribution in [0.25, 0.3) is 5.65 Å². The highest BCUT2D eigenvalue weighted by Gasteiger charge is 2.24. The fourth-order valence-corrected chi connectivity index (χ4v) is 2.69. The Labute approximate surface area is 153 Å². The largest absolute Gasteiger partial charge is 0.326 e. The van der Waals surface area contributed by atoms with Crippen molar-refractivity contribution in [2.45, 2.75) is 40.0 Å². The van der Waals surface area contributed by atoms with Crippen molar-refractivity contribution < 1.29 is 4.79 Å².